The van der Waals surface area contributed by atoms with Crippen molar-refractivity contribution in [2.24, 2.45) is 0 Å². The van der Waals surface area contributed by atoms with Crippen LogP contribution in [0.2, 0.25) is 0 Å². The van der Waals surface area contributed by atoms with Crippen LogP contribution >= 0.6 is 0 Å². The van der Waals surface area contributed by atoms with Crippen molar-refractivity contribution in [1.29, 1.82) is 0 Å². The average molecular weight is 150 g/mol. The Balaban J connectivity index is 0. The first kappa shape index (κ1) is 12.5. The molecule has 0 aliphatic heterocycles. The van der Waals surface area contributed by atoms with Gasteiger partial charge in [-0.05, 0) is 13.3 Å². The minimum absolute atomic E-state index is 0.319. The van der Waals surface area contributed by atoms with Crippen LogP contribution in [0.1, 0.15) is 20.3 Å². The summed E-state index contributed by atoms with van der Waals surface area (Å²) in [5.74, 6) is 0. The Morgan fingerprint density at radius 1 is 1.50 bits per heavy atom. The molecule has 3 heteroatoms. The van der Waals surface area contributed by atoms with Crippen LogP contribution in [-0.2, 0) is 4.74 Å². The molecular formula is C7H18O3. The lowest BCUT2D eigenvalue weighted by Crippen LogP contribution is -2.07. The van der Waals surface area contributed by atoms with Gasteiger partial charge in [-0.25, -0.2) is 0 Å². The van der Waals surface area contributed by atoms with Gasteiger partial charge >= 0.3 is 0 Å². The molecule has 0 amide bonds. The molecule has 10 heavy (non-hydrogen) atoms. The molecule has 3 nitrogen and oxygen atoms in total. The van der Waals surface area contributed by atoms with E-state index in [1.807, 2.05) is 6.92 Å². The van der Waals surface area contributed by atoms with Crippen molar-refractivity contribution in [2.45, 2.75) is 26.4 Å². The number of rotatable bonds is 3. The molecule has 0 saturated carbocycles. The van der Waals surface area contributed by atoms with Crippen LogP contribution in [0, 0.1) is 0 Å². The van der Waals surface area contributed by atoms with Crippen LogP contribution in [0.3, 0.4) is 0 Å². The second kappa shape index (κ2) is 11.6. The van der Waals surface area contributed by atoms with Gasteiger partial charge in [0.15, 0.2) is 0 Å². The topological polar surface area (TPSA) is 49.7 Å². The number of aliphatic hydroxyl groups excluding tert-OH is 2. The van der Waals surface area contributed by atoms with Gasteiger partial charge in [-0.15, -0.1) is 0 Å². The summed E-state index contributed by atoms with van der Waals surface area (Å²) in [4.78, 5) is 0. The van der Waals surface area contributed by atoms with Crippen molar-refractivity contribution < 1.29 is 14.9 Å². The zero-order valence-corrected chi connectivity index (χ0v) is 7.00. The molecule has 0 aromatic rings. The summed E-state index contributed by atoms with van der Waals surface area (Å²) < 4.78 is 4.55. The Kier molecular flexibility index (Phi) is 14.6. The summed E-state index contributed by atoms with van der Waals surface area (Å²) >= 11 is 0. The lowest BCUT2D eigenvalue weighted by Gasteiger charge is -1.97. The first-order valence-corrected chi connectivity index (χ1v) is 3.46. The highest BCUT2D eigenvalue weighted by atomic mass is 16.5. The molecular weight excluding hydrogens is 132 g/mol. The van der Waals surface area contributed by atoms with E-state index < -0.39 is 0 Å². The third-order valence-corrected chi connectivity index (χ3v) is 0.631. The zero-order chi connectivity index (χ0) is 8.41. The second-order valence-corrected chi connectivity index (χ2v) is 2.03. The van der Waals surface area contributed by atoms with Gasteiger partial charge in [-0.3, -0.25) is 0 Å². The standard InChI is InChI=1S/C4H10O2.C3H8O/c1-4(5)3-6-2;1-2-3-4/h4-5H,3H2,1-2H3;4H,2-3H2,1H3. The summed E-state index contributed by atoms with van der Waals surface area (Å²) in [6.45, 7) is 4.36. The van der Waals surface area contributed by atoms with Crippen LogP contribution in [0.25, 0.3) is 0 Å². The Bertz CT molecular complexity index is 44.1. The highest BCUT2D eigenvalue weighted by Crippen LogP contribution is 1.75. The molecule has 0 aromatic heterocycles. The van der Waals surface area contributed by atoms with Gasteiger partial charge in [0, 0.05) is 13.7 Å². The predicted molar refractivity (Wildman–Crippen MR) is 40.9 cm³/mol. The van der Waals surface area contributed by atoms with E-state index in [1.54, 1.807) is 14.0 Å². The molecule has 0 aliphatic carbocycles. The number of ether oxygens (including phenoxy) is 1. The molecule has 2 N–H and O–H groups in total. The molecule has 0 bridgehead atoms. The maximum absolute atomic E-state index is 8.43. The predicted octanol–water partition coefficient (Wildman–Crippen LogP) is 0.402. The molecule has 0 heterocycles. The molecule has 0 aromatic carbocycles. The van der Waals surface area contributed by atoms with Crippen LogP contribution in [0.5, 0.6) is 0 Å². The molecule has 0 rings (SSSR count). The van der Waals surface area contributed by atoms with Crippen LogP contribution in [0.4, 0.5) is 0 Å². The molecule has 0 fully saturated rings. The van der Waals surface area contributed by atoms with Gasteiger partial charge in [0.1, 0.15) is 0 Å². The van der Waals surface area contributed by atoms with Crippen molar-refractivity contribution >= 4 is 0 Å². The summed E-state index contributed by atoms with van der Waals surface area (Å²) in [6, 6.07) is 0. The number of methoxy groups -OCH3 is 1. The fourth-order valence-electron chi connectivity index (χ4n) is 0.241. The second-order valence-electron chi connectivity index (χ2n) is 2.03. The normalized spacial score (nSPS) is 11.7. The van der Waals surface area contributed by atoms with Gasteiger partial charge in [0.25, 0.3) is 0 Å². The van der Waals surface area contributed by atoms with Gasteiger partial charge < -0.3 is 14.9 Å². The maximum Gasteiger partial charge on any atom is 0.0745 e. The SMILES string of the molecule is CCCO.COCC(C)O. The Morgan fingerprint density at radius 3 is 1.90 bits per heavy atom. The minimum Gasteiger partial charge on any atom is -0.396 e. The van der Waals surface area contributed by atoms with E-state index >= 15 is 0 Å². The van der Waals surface area contributed by atoms with Crippen LogP contribution in [-0.4, -0.2) is 36.6 Å². The Labute approximate surface area is 62.6 Å². The zero-order valence-electron chi connectivity index (χ0n) is 7.00. The van der Waals surface area contributed by atoms with E-state index in [2.05, 4.69) is 4.74 Å². The first-order valence-electron chi connectivity index (χ1n) is 3.46. The molecule has 0 radical (unpaired) electrons. The fraction of sp³-hybridized carbons (Fsp3) is 1.00. The van der Waals surface area contributed by atoms with E-state index in [4.69, 9.17) is 10.2 Å². The highest BCUT2D eigenvalue weighted by molar-refractivity contribution is 4.36. The largest absolute Gasteiger partial charge is 0.396 e. The smallest absolute Gasteiger partial charge is 0.0745 e. The van der Waals surface area contributed by atoms with E-state index in [1.165, 1.54) is 0 Å². The van der Waals surface area contributed by atoms with Gasteiger partial charge in [-0.1, -0.05) is 6.92 Å². The van der Waals surface area contributed by atoms with Crippen molar-refractivity contribution in [2.75, 3.05) is 20.3 Å². The molecule has 1 atom stereocenters. The van der Waals surface area contributed by atoms with Crippen molar-refractivity contribution in [3.63, 3.8) is 0 Å². The third kappa shape index (κ3) is 24.8. The minimum atomic E-state index is -0.324. The Morgan fingerprint density at radius 2 is 1.90 bits per heavy atom. The molecule has 0 saturated heterocycles. The van der Waals surface area contributed by atoms with Crippen LogP contribution in [0.15, 0.2) is 0 Å². The van der Waals surface area contributed by atoms with Crippen molar-refractivity contribution in [3.05, 3.63) is 0 Å². The lowest BCUT2D eigenvalue weighted by molar-refractivity contribution is 0.0765. The van der Waals surface area contributed by atoms with Gasteiger partial charge in [0.2, 0.25) is 0 Å². The summed E-state index contributed by atoms with van der Waals surface area (Å²) in [5.41, 5.74) is 0. The molecule has 0 spiro atoms. The number of aliphatic hydroxyl groups is 2. The van der Waals surface area contributed by atoms with Gasteiger partial charge in [0.05, 0.1) is 12.7 Å². The van der Waals surface area contributed by atoms with E-state index in [-0.39, 0.29) is 6.10 Å². The molecule has 0 aliphatic rings. The van der Waals surface area contributed by atoms with Crippen molar-refractivity contribution in [1.82, 2.24) is 0 Å². The summed E-state index contributed by atoms with van der Waals surface area (Å²) in [6.07, 6.45) is 0.551. The van der Waals surface area contributed by atoms with E-state index in [9.17, 15) is 0 Å². The highest BCUT2D eigenvalue weighted by Gasteiger charge is 1.87. The number of hydrogen-bond acceptors (Lipinski definition) is 3. The number of hydrogen-bond donors (Lipinski definition) is 2. The van der Waals surface area contributed by atoms with E-state index in [0.717, 1.165) is 6.42 Å². The molecule has 64 valence electrons. The quantitative estimate of drug-likeness (QED) is 0.612. The van der Waals surface area contributed by atoms with Crippen molar-refractivity contribution in [3.8, 4) is 0 Å². The van der Waals surface area contributed by atoms with Crippen LogP contribution < -0.4 is 0 Å². The lowest BCUT2D eigenvalue weighted by atomic mass is 10.5. The fourth-order valence-corrected chi connectivity index (χ4v) is 0.241. The van der Waals surface area contributed by atoms with Gasteiger partial charge in [-0.2, -0.15) is 0 Å². The average Bonchev–Trinajstić information content (AvgIpc) is 1.89. The molecule has 1 unspecified atom stereocenters. The third-order valence-electron chi connectivity index (χ3n) is 0.631. The Hall–Kier alpha value is -0.120. The summed E-state index contributed by atoms with van der Waals surface area (Å²) in [7, 11) is 1.56. The maximum atomic E-state index is 8.43. The van der Waals surface area contributed by atoms with E-state index in [0.29, 0.717) is 13.2 Å². The summed E-state index contributed by atoms with van der Waals surface area (Å²) in [5, 5.41) is 16.3. The first-order chi connectivity index (χ1) is 4.68. The monoisotopic (exact) mass is 150 g/mol.